The monoisotopic (exact) mass is 486 g/mol. The fraction of sp³-hybridized carbons (Fsp3) is 0.200. The van der Waals surface area contributed by atoms with Crippen LogP contribution in [0.2, 0.25) is 0 Å². The molecule has 0 fully saturated rings. The van der Waals surface area contributed by atoms with Crippen LogP contribution < -0.4 is 20.1 Å². The van der Waals surface area contributed by atoms with Gasteiger partial charge in [0.1, 0.15) is 11.5 Å². The smallest absolute Gasteiger partial charge is 0.127 e. The fourth-order valence-electron chi connectivity index (χ4n) is 4.08. The second kappa shape index (κ2) is 12.7. The molecule has 4 aromatic rings. The Morgan fingerprint density at radius 3 is 1.24 bits per heavy atom. The number of rotatable bonds is 11. The van der Waals surface area contributed by atoms with Crippen LogP contribution in [0.5, 0.6) is 11.5 Å². The molecule has 0 heterocycles. The zero-order chi connectivity index (χ0) is 23.6. The van der Waals surface area contributed by atoms with E-state index >= 15 is 0 Å². The first-order chi connectivity index (χ1) is 16.8. The first-order valence-electron chi connectivity index (χ1n) is 11.9. The van der Waals surface area contributed by atoms with Crippen molar-refractivity contribution in [1.82, 2.24) is 0 Å². The first-order valence-corrected chi connectivity index (χ1v) is 14.3. The van der Waals surface area contributed by atoms with Crippen LogP contribution in [0.3, 0.4) is 0 Å². The average Bonchev–Trinajstić information content (AvgIpc) is 2.88. The van der Waals surface area contributed by atoms with Crippen LogP contribution in [0.4, 0.5) is 0 Å². The summed E-state index contributed by atoms with van der Waals surface area (Å²) in [7, 11) is 1.53. The number of benzene rings is 4. The summed E-state index contributed by atoms with van der Waals surface area (Å²) in [6.07, 6.45) is 2.35. The summed E-state index contributed by atoms with van der Waals surface area (Å²) in [5, 5.41) is 2.82. The molecule has 174 valence electrons. The van der Waals surface area contributed by atoms with Gasteiger partial charge in [-0.15, -0.1) is 0 Å². The molecular weight excluding hydrogens is 454 g/mol. The predicted octanol–water partition coefficient (Wildman–Crippen LogP) is 7.13. The minimum atomic E-state index is 0.675. The lowest BCUT2D eigenvalue weighted by Gasteiger charge is -2.15. The Balaban J connectivity index is 1.47. The lowest BCUT2D eigenvalue weighted by atomic mass is 10.0. The molecule has 0 aromatic heterocycles. The summed E-state index contributed by atoms with van der Waals surface area (Å²) >= 11 is 0. The van der Waals surface area contributed by atoms with E-state index in [1.165, 1.54) is 45.2 Å². The van der Waals surface area contributed by atoms with Crippen LogP contribution in [-0.4, -0.2) is 25.5 Å². The minimum Gasteiger partial charge on any atom is -0.493 e. The maximum atomic E-state index is 5.91. The summed E-state index contributed by atoms with van der Waals surface area (Å²) < 4.78 is 11.8. The molecule has 0 saturated carbocycles. The third kappa shape index (κ3) is 6.06. The van der Waals surface area contributed by atoms with Gasteiger partial charge in [-0.1, -0.05) is 102 Å². The van der Waals surface area contributed by atoms with Crippen molar-refractivity contribution in [3.8, 4) is 33.8 Å². The van der Waals surface area contributed by atoms with Crippen molar-refractivity contribution in [2.24, 2.45) is 0 Å². The average molecular weight is 487 g/mol. The van der Waals surface area contributed by atoms with E-state index in [1.54, 1.807) is 0 Å². The quantitative estimate of drug-likeness (QED) is 0.166. The molecule has 0 radical (unpaired) electrons. The maximum absolute atomic E-state index is 5.91. The number of hydrogen-bond acceptors (Lipinski definition) is 2. The summed E-state index contributed by atoms with van der Waals surface area (Å²) in [4.78, 5) is 0. The fourth-order valence-corrected chi connectivity index (χ4v) is 6.86. The summed E-state index contributed by atoms with van der Waals surface area (Å²) in [5.41, 5.74) is 4.96. The molecular formula is C30H32O2P2. The Morgan fingerprint density at radius 2 is 0.824 bits per heavy atom. The highest BCUT2D eigenvalue weighted by Gasteiger charge is 2.12. The molecule has 0 N–H and O–H groups in total. The highest BCUT2D eigenvalue weighted by Crippen LogP contribution is 2.34. The Hall–Kier alpha value is -2.66. The molecule has 34 heavy (non-hydrogen) atoms. The lowest BCUT2D eigenvalue weighted by Crippen LogP contribution is -2.05. The van der Waals surface area contributed by atoms with E-state index in [-0.39, 0.29) is 0 Å². The number of ether oxygens (including phenoxy) is 2. The van der Waals surface area contributed by atoms with Gasteiger partial charge >= 0.3 is 0 Å². The van der Waals surface area contributed by atoms with Crippen LogP contribution in [0.15, 0.2) is 97.1 Å². The van der Waals surface area contributed by atoms with E-state index in [4.69, 9.17) is 9.47 Å². The standard InChI is InChI=1S/C30H32O2P2/c1-3-31-27-17-9-5-13-23(27)25-15-7-11-19-29(25)33-21-22-34-30-20-12-8-16-26(30)24-14-6-10-18-28(24)32-4-2/h5-20,33-34H,3-4,21-22H2,1-2H3. The van der Waals surface area contributed by atoms with Gasteiger partial charge in [0.05, 0.1) is 13.2 Å². The zero-order valence-corrected chi connectivity index (χ0v) is 21.9. The Labute approximate surface area is 207 Å². The van der Waals surface area contributed by atoms with Gasteiger partial charge in [0.15, 0.2) is 0 Å². The van der Waals surface area contributed by atoms with Crippen LogP contribution in [0.1, 0.15) is 13.8 Å². The molecule has 0 amide bonds. The topological polar surface area (TPSA) is 18.5 Å². The van der Waals surface area contributed by atoms with E-state index < -0.39 is 0 Å². The van der Waals surface area contributed by atoms with Gasteiger partial charge in [0.25, 0.3) is 0 Å². The molecule has 4 aromatic carbocycles. The van der Waals surface area contributed by atoms with E-state index in [1.807, 2.05) is 26.0 Å². The first kappa shape index (κ1) is 24.5. The van der Waals surface area contributed by atoms with Crippen molar-refractivity contribution in [2.75, 3.05) is 25.5 Å². The molecule has 0 aliphatic rings. The van der Waals surface area contributed by atoms with Crippen molar-refractivity contribution < 1.29 is 9.47 Å². The van der Waals surface area contributed by atoms with Gasteiger partial charge in [-0.2, -0.15) is 0 Å². The van der Waals surface area contributed by atoms with Crippen LogP contribution in [0.25, 0.3) is 22.3 Å². The van der Waals surface area contributed by atoms with E-state index in [0.29, 0.717) is 13.2 Å². The predicted molar refractivity (Wildman–Crippen MR) is 152 cm³/mol. The third-order valence-corrected chi connectivity index (χ3v) is 8.70. The Morgan fingerprint density at radius 1 is 0.471 bits per heavy atom. The molecule has 2 unspecified atom stereocenters. The summed E-state index contributed by atoms with van der Waals surface area (Å²) in [5.74, 6) is 1.93. The van der Waals surface area contributed by atoms with Gasteiger partial charge in [0.2, 0.25) is 0 Å². The van der Waals surface area contributed by atoms with E-state index in [0.717, 1.165) is 28.7 Å². The van der Waals surface area contributed by atoms with Gasteiger partial charge < -0.3 is 9.47 Å². The summed E-state index contributed by atoms with van der Waals surface area (Å²) in [6, 6.07) is 34.3. The molecule has 4 heteroatoms. The molecule has 0 aliphatic carbocycles. The van der Waals surface area contributed by atoms with E-state index in [9.17, 15) is 0 Å². The Kier molecular flexibility index (Phi) is 9.14. The van der Waals surface area contributed by atoms with Crippen molar-refractivity contribution in [3.05, 3.63) is 97.1 Å². The van der Waals surface area contributed by atoms with Gasteiger partial charge in [-0.05, 0) is 60.0 Å². The van der Waals surface area contributed by atoms with Gasteiger partial charge in [-0.25, -0.2) is 0 Å². The molecule has 0 aliphatic heterocycles. The largest absolute Gasteiger partial charge is 0.493 e. The number of para-hydroxylation sites is 2. The molecule has 0 bridgehead atoms. The second-order valence-electron chi connectivity index (χ2n) is 7.80. The van der Waals surface area contributed by atoms with E-state index in [2.05, 4.69) is 84.9 Å². The molecule has 4 rings (SSSR count). The van der Waals surface area contributed by atoms with Crippen LogP contribution in [-0.2, 0) is 0 Å². The van der Waals surface area contributed by atoms with Gasteiger partial charge in [0, 0.05) is 11.1 Å². The van der Waals surface area contributed by atoms with Crippen molar-refractivity contribution in [1.29, 1.82) is 0 Å². The molecule has 0 saturated heterocycles. The van der Waals surface area contributed by atoms with Crippen molar-refractivity contribution in [3.63, 3.8) is 0 Å². The zero-order valence-electron chi connectivity index (χ0n) is 19.9. The highest BCUT2D eigenvalue weighted by atomic mass is 31.1. The van der Waals surface area contributed by atoms with Crippen LogP contribution >= 0.6 is 17.2 Å². The van der Waals surface area contributed by atoms with Gasteiger partial charge in [-0.3, -0.25) is 0 Å². The second-order valence-corrected chi connectivity index (χ2v) is 10.6. The third-order valence-electron chi connectivity index (χ3n) is 5.56. The van der Waals surface area contributed by atoms with Crippen molar-refractivity contribution in [2.45, 2.75) is 13.8 Å². The highest BCUT2D eigenvalue weighted by molar-refractivity contribution is 7.51. The maximum Gasteiger partial charge on any atom is 0.127 e. The molecule has 2 atom stereocenters. The summed E-state index contributed by atoms with van der Waals surface area (Å²) in [6.45, 7) is 5.43. The SMILES string of the molecule is CCOc1ccccc1-c1ccccc1PCCPc1ccccc1-c1ccccc1OCC. The minimum absolute atomic E-state index is 0.675. The number of hydrogen-bond donors (Lipinski definition) is 0. The van der Waals surface area contributed by atoms with Crippen LogP contribution in [0, 0.1) is 0 Å². The molecule has 0 spiro atoms. The Bertz CT molecular complexity index is 1110. The normalized spacial score (nSPS) is 11.5. The van der Waals surface area contributed by atoms with Crippen molar-refractivity contribution >= 4 is 27.8 Å². The lowest BCUT2D eigenvalue weighted by molar-refractivity contribution is 0.341. The molecule has 2 nitrogen and oxygen atoms in total.